The standard InChI is InChI=1S/C10H16O.C3H6O2/c1-9(2)7-4-5-10(9,3)8(11)6-7;1-2-5-3-4/h7H,4-6H2,1-3H3;3H,2H2,1H3. The molecular weight excluding hydrogens is 204 g/mol. The Hall–Kier alpha value is -0.860. The maximum Gasteiger partial charge on any atom is 0.293 e. The molecule has 2 aliphatic carbocycles. The third-order valence-corrected chi connectivity index (χ3v) is 4.72. The average molecular weight is 226 g/mol. The maximum atomic E-state index is 11.6. The van der Waals surface area contributed by atoms with Gasteiger partial charge in [0.05, 0.1) is 6.61 Å². The Morgan fingerprint density at radius 3 is 2.19 bits per heavy atom. The van der Waals surface area contributed by atoms with Crippen LogP contribution in [0.3, 0.4) is 0 Å². The average Bonchev–Trinajstić information content (AvgIpc) is 2.53. The zero-order valence-electron chi connectivity index (χ0n) is 10.7. The SMILES string of the molecule is CC12CCC(CC1=O)C2(C)C.CCOC=O. The van der Waals surface area contributed by atoms with Crippen molar-refractivity contribution in [3.63, 3.8) is 0 Å². The van der Waals surface area contributed by atoms with Gasteiger partial charge in [0.1, 0.15) is 5.78 Å². The van der Waals surface area contributed by atoms with Crippen molar-refractivity contribution in [2.45, 2.75) is 47.0 Å². The van der Waals surface area contributed by atoms with Crippen molar-refractivity contribution in [3.05, 3.63) is 0 Å². The van der Waals surface area contributed by atoms with Gasteiger partial charge < -0.3 is 4.74 Å². The molecule has 92 valence electrons. The lowest BCUT2D eigenvalue weighted by molar-refractivity contribution is -0.129. The molecule has 0 spiro atoms. The van der Waals surface area contributed by atoms with Crippen LogP contribution in [0.15, 0.2) is 0 Å². The molecule has 0 heterocycles. The highest BCUT2D eigenvalue weighted by Crippen LogP contribution is 2.63. The summed E-state index contributed by atoms with van der Waals surface area (Å²) < 4.78 is 4.15. The third-order valence-electron chi connectivity index (χ3n) is 4.72. The first-order chi connectivity index (χ1) is 7.40. The Bertz CT molecular complexity index is 283. The van der Waals surface area contributed by atoms with E-state index in [9.17, 15) is 9.59 Å². The Morgan fingerprint density at radius 1 is 1.44 bits per heavy atom. The predicted molar refractivity (Wildman–Crippen MR) is 61.9 cm³/mol. The van der Waals surface area contributed by atoms with Gasteiger partial charge in [-0.3, -0.25) is 9.59 Å². The molecule has 3 heteroatoms. The number of ketones is 1. The maximum absolute atomic E-state index is 11.6. The van der Waals surface area contributed by atoms with Crippen molar-refractivity contribution in [1.82, 2.24) is 0 Å². The van der Waals surface area contributed by atoms with Gasteiger partial charge in [0.2, 0.25) is 0 Å². The summed E-state index contributed by atoms with van der Waals surface area (Å²) >= 11 is 0. The molecule has 2 unspecified atom stereocenters. The van der Waals surface area contributed by atoms with Crippen molar-refractivity contribution in [2.75, 3.05) is 6.61 Å². The summed E-state index contributed by atoms with van der Waals surface area (Å²) in [6, 6.07) is 0. The van der Waals surface area contributed by atoms with E-state index < -0.39 is 0 Å². The summed E-state index contributed by atoms with van der Waals surface area (Å²) in [4.78, 5) is 20.8. The lowest BCUT2D eigenvalue weighted by Crippen LogP contribution is -2.32. The molecule has 0 aromatic carbocycles. The molecule has 2 aliphatic rings. The Balaban J connectivity index is 0.000000221. The highest BCUT2D eigenvalue weighted by Gasteiger charge is 2.61. The van der Waals surface area contributed by atoms with Crippen molar-refractivity contribution >= 4 is 12.3 Å². The second-order valence-electron chi connectivity index (χ2n) is 5.47. The van der Waals surface area contributed by atoms with Crippen LogP contribution < -0.4 is 0 Å². The number of hydrogen-bond donors (Lipinski definition) is 0. The first-order valence-corrected chi connectivity index (χ1v) is 5.98. The Morgan fingerprint density at radius 2 is 2.06 bits per heavy atom. The Kier molecular flexibility index (Phi) is 3.76. The van der Waals surface area contributed by atoms with Gasteiger partial charge in [-0.05, 0) is 31.1 Å². The number of hydrogen-bond acceptors (Lipinski definition) is 3. The number of fused-ring (bicyclic) bond motifs is 2. The molecule has 3 nitrogen and oxygen atoms in total. The lowest BCUT2D eigenvalue weighted by atomic mass is 9.70. The summed E-state index contributed by atoms with van der Waals surface area (Å²) in [5.74, 6) is 1.19. The van der Waals surface area contributed by atoms with Gasteiger partial charge in [-0.25, -0.2) is 0 Å². The fourth-order valence-electron chi connectivity index (χ4n) is 2.97. The molecule has 0 aliphatic heterocycles. The van der Waals surface area contributed by atoms with Crippen LogP contribution in [-0.2, 0) is 14.3 Å². The van der Waals surface area contributed by atoms with Gasteiger partial charge in [0.15, 0.2) is 0 Å². The van der Waals surface area contributed by atoms with E-state index in [1.165, 1.54) is 6.42 Å². The van der Waals surface area contributed by atoms with Crippen molar-refractivity contribution in [2.24, 2.45) is 16.7 Å². The highest BCUT2D eigenvalue weighted by molar-refractivity contribution is 5.89. The molecule has 2 atom stereocenters. The number of rotatable bonds is 2. The first-order valence-electron chi connectivity index (χ1n) is 5.98. The minimum atomic E-state index is 0.0255. The molecule has 2 rings (SSSR count). The number of Topliss-reactive ketones (excluding diaryl/α,β-unsaturated/α-hetero) is 1. The van der Waals surface area contributed by atoms with E-state index in [2.05, 4.69) is 25.5 Å². The Labute approximate surface area is 97.5 Å². The van der Waals surface area contributed by atoms with E-state index in [0.29, 0.717) is 24.8 Å². The van der Waals surface area contributed by atoms with E-state index in [1.807, 2.05) is 0 Å². The summed E-state index contributed by atoms with van der Waals surface area (Å²) in [6.07, 6.45) is 3.25. The van der Waals surface area contributed by atoms with Gasteiger partial charge in [-0.1, -0.05) is 20.8 Å². The van der Waals surface area contributed by atoms with Crippen molar-refractivity contribution < 1.29 is 14.3 Å². The lowest BCUT2D eigenvalue weighted by Gasteiger charge is -2.32. The summed E-state index contributed by atoms with van der Waals surface area (Å²) in [6.45, 7) is 9.34. The van der Waals surface area contributed by atoms with E-state index in [-0.39, 0.29) is 10.8 Å². The van der Waals surface area contributed by atoms with Crippen LogP contribution in [0.25, 0.3) is 0 Å². The number of ether oxygens (including phenoxy) is 1. The first kappa shape index (κ1) is 13.2. The molecule has 0 saturated heterocycles. The van der Waals surface area contributed by atoms with Crippen molar-refractivity contribution in [3.8, 4) is 0 Å². The van der Waals surface area contributed by atoms with Gasteiger partial charge in [0, 0.05) is 11.8 Å². The highest BCUT2D eigenvalue weighted by atomic mass is 16.5. The van der Waals surface area contributed by atoms with Crippen LogP contribution in [0.5, 0.6) is 0 Å². The van der Waals surface area contributed by atoms with Gasteiger partial charge in [-0.2, -0.15) is 0 Å². The van der Waals surface area contributed by atoms with Gasteiger partial charge in [0.25, 0.3) is 6.47 Å². The summed E-state index contributed by atoms with van der Waals surface area (Å²) in [7, 11) is 0. The van der Waals surface area contributed by atoms with Gasteiger partial charge >= 0.3 is 0 Å². The van der Waals surface area contributed by atoms with E-state index in [4.69, 9.17) is 0 Å². The molecule has 0 N–H and O–H groups in total. The fourth-order valence-corrected chi connectivity index (χ4v) is 2.97. The van der Waals surface area contributed by atoms with Gasteiger partial charge in [-0.15, -0.1) is 0 Å². The van der Waals surface area contributed by atoms with E-state index in [0.717, 1.165) is 12.8 Å². The van der Waals surface area contributed by atoms with Crippen LogP contribution >= 0.6 is 0 Å². The molecule has 0 amide bonds. The van der Waals surface area contributed by atoms with Crippen LogP contribution in [0.4, 0.5) is 0 Å². The summed E-state index contributed by atoms with van der Waals surface area (Å²) in [5, 5.41) is 0. The molecule has 2 saturated carbocycles. The minimum absolute atomic E-state index is 0.0255. The quantitative estimate of drug-likeness (QED) is 0.680. The molecule has 0 radical (unpaired) electrons. The normalized spacial score (nSPS) is 34.2. The topological polar surface area (TPSA) is 43.4 Å². The summed E-state index contributed by atoms with van der Waals surface area (Å²) in [5.41, 5.74) is 0.307. The molecule has 2 fully saturated rings. The second kappa shape index (κ2) is 4.56. The van der Waals surface area contributed by atoms with Crippen LogP contribution in [0.2, 0.25) is 0 Å². The molecule has 16 heavy (non-hydrogen) atoms. The van der Waals surface area contributed by atoms with Crippen molar-refractivity contribution in [1.29, 1.82) is 0 Å². The fraction of sp³-hybridized carbons (Fsp3) is 0.846. The van der Waals surface area contributed by atoms with Crippen LogP contribution in [-0.4, -0.2) is 18.9 Å². The second-order valence-corrected chi connectivity index (χ2v) is 5.47. The molecule has 2 bridgehead atoms. The third kappa shape index (κ3) is 1.87. The number of carbonyl (C=O) groups is 2. The monoisotopic (exact) mass is 226 g/mol. The minimum Gasteiger partial charge on any atom is -0.468 e. The van der Waals surface area contributed by atoms with E-state index in [1.54, 1.807) is 6.92 Å². The molecule has 0 aromatic rings. The largest absolute Gasteiger partial charge is 0.468 e. The van der Waals surface area contributed by atoms with E-state index >= 15 is 0 Å². The predicted octanol–water partition coefficient (Wildman–Crippen LogP) is 2.58. The smallest absolute Gasteiger partial charge is 0.293 e. The van der Waals surface area contributed by atoms with Crippen LogP contribution in [0, 0.1) is 16.7 Å². The molecular formula is C13H22O3. The zero-order valence-corrected chi connectivity index (χ0v) is 10.7. The zero-order chi connectivity index (χ0) is 12.4. The molecule has 0 aromatic heterocycles. The van der Waals surface area contributed by atoms with Crippen LogP contribution in [0.1, 0.15) is 47.0 Å². The number of carbonyl (C=O) groups excluding carboxylic acids is 2.